The molecule has 1 aromatic heterocycles. The van der Waals surface area contributed by atoms with Crippen LogP contribution in [0.15, 0.2) is 4.79 Å². The van der Waals surface area contributed by atoms with Crippen molar-refractivity contribution in [3.05, 3.63) is 21.6 Å². The van der Waals surface area contributed by atoms with Crippen LogP contribution < -0.4 is 16.8 Å². The predicted molar refractivity (Wildman–Crippen MR) is 46.8 cm³/mol. The molecule has 0 aliphatic carbocycles. The lowest BCUT2D eigenvalue weighted by Gasteiger charge is -1.97. The summed E-state index contributed by atoms with van der Waals surface area (Å²) >= 11 is 0. The van der Waals surface area contributed by atoms with E-state index in [1.54, 1.807) is 6.92 Å². The van der Waals surface area contributed by atoms with Crippen LogP contribution in [0.5, 0.6) is 0 Å². The molecule has 13 heavy (non-hydrogen) atoms. The van der Waals surface area contributed by atoms with Gasteiger partial charge >= 0.3 is 0 Å². The van der Waals surface area contributed by atoms with E-state index < -0.39 is 0 Å². The van der Waals surface area contributed by atoms with Gasteiger partial charge in [-0.05, 0) is 13.3 Å². The highest BCUT2D eigenvalue weighted by atomic mass is 16.2. The Kier molecular flexibility index (Phi) is 2.86. The number of H-pyrrole nitrogens is 2. The minimum atomic E-state index is -0.278. The quantitative estimate of drug-likeness (QED) is 0.273. The summed E-state index contributed by atoms with van der Waals surface area (Å²) in [4.78, 5) is 21.9. The largest absolute Gasteiger partial charge is 0.302 e. The van der Waals surface area contributed by atoms with Gasteiger partial charge in [-0.1, -0.05) is 0 Å². The number of hydrogen-bond donors (Lipinski definition) is 4. The number of hydrogen-bond acceptors (Lipinski definition) is 3. The Morgan fingerprint density at radius 3 is 2.69 bits per heavy atom. The SMILES string of the molecule is Cc1[nH][nH]c(=O)c1CCC(=O)NN. The van der Waals surface area contributed by atoms with E-state index in [9.17, 15) is 9.59 Å². The van der Waals surface area contributed by atoms with Gasteiger partial charge in [-0.3, -0.25) is 20.1 Å². The third-order valence-corrected chi connectivity index (χ3v) is 1.85. The zero-order valence-corrected chi connectivity index (χ0v) is 7.31. The predicted octanol–water partition coefficient (Wildman–Crippen LogP) is -1.07. The number of nitrogens with one attached hydrogen (secondary N) is 3. The molecule has 0 saturated heterocycles. The van der Waals surface area contributed by atoms with E-state index in [0.717, 1.165) is 5.69 Å². The van der Waals surface area contributed by atoms with E-state index in [-0.39, 0.29) is 17.9 Å². The number of aromatic nitrogens is 2. The Hall–Kier alpha value is -1.56. The fourth-order valence-electron chi connectivity index (χ4n) is 1.08. The number of aromatic amines is 2. The van der Waals surface area contributed by atoms with Crippen molar-refractivity contribution in [2.45, 2.75) is 19.8 Å². The molecule has 1 rings (SSSR count). The van der Waals surface area contributed by atoms with E-state index >= 15 is 0 Å². The molecule has 0 radical (unpaired) electrons. The maximum atomic E-state index is 11.1. The Labute approximate surface area is 74.5 Å². The Morgan fingerprint density at radius 2 is 2.23 bits per heavy atom. The van der Waals surface area contributed by atoms with E-state index in [0.29, 0.717) is 12.0 Å². The number of nitrogens with two attached hydrogens (primary N) is 1. The topological polar surface area (TPSA) is 104 Å². The maximum Gasteiger partial charge on any atom is 0.267 e. The van der Waals surface area contributed by atoms with Gasteiger partial charge in [0.1, 0.15) is 0 Å². The fourth-order valence-corrected chi connectivity index (χ4v) is 1.08. The van der Waals surface area contributed by atoms with Crippen LogP contribution in [0, 0.1) is 6.92 Å². The van der Waals surface area contributed by atoms with Crippen LogP contribution in [-0.2, 0) is 11.2 Å². The normalized spacial score (nSPS) is 10.0. The molecule has 0 bridgehead atoms. The summed E-state index contributed by atoms with van der Waals surface area (Å²) in [5.74, 6) is 4.62. The number of hydrazine groups is 1. The van der Waals surface area contributed by atoms with Crippen LogP contribution in [0.4, 0.5) is 0 Å². The third-order valence-electron chi connectivity index (χ3n) is 1.85. The van der Waals surface area contributed by atoms with Crippen molar-refractivity contribution >= 4 is 5.91 Å². The van der Waals surface area contributed by atoms with Crippen molar-refractivity contribution in [3.63, 3.8) is 0 Å². The first-order chi connectivity index (χ1) is 6.15. The van der Waals surface area contributed by atoms with Crippen molar-refractivity contribution in [1.29, 1.82) is 0 Å². The van der Waals surface area contributed by atoms with Crippen LogP contribution in [0.3, 0.4) is 0 Å². The molecule has 0 unspecified atom stereocenters. The first kappa shape index (κ1) is 9.53. The molecule has 0 aromatic carbocycles. The van der Waals surface area contributed by atoms with Crippen LogP contribution in [-0.4, -0.2) is 16.1 Å². The lowest BCUT2D eigenvalue weighted by Crippen LogP contribution is -2.30. The van der Waals surface area contributed by atoms with E-state index in [1.165, 1.54) is 0 Å². The van der Waals surface area contributed by atoms with Gasteiger partial charge in [-0.2, -0.15) is 0 Å². The van der Waals surface area contributed by atoms with Crippen molar-refractivity contribution in [1.82, 2.24) is 15.6 Å². The van der Waals surface area contributed by atoms with Gasteiger partial charge in [0.05, 0.1) is 0 Å². The number of carbonyl (C=O) groups is 1. The zero-order valence-electron chi connectivity index (χ0n) is 7.31. The fraction of sp³-hybridized carbons (Fsp3) is 0.429. The molecule has 72 valence electrons. The lowest BCUT2D eigenvalue weighted by atomic mass is 10.1. The number of aryl methyl sites for hydroxylation is 1. The van der Waals surface area contributed by atoms with E-state index in [1.807, 2.05) is 5.43 Å². The molecule has 6 nitrogen and oxygen atoms in total. The van der Waals surface area contributed by atoms with Crippen LogP contribution >= 0.6 is 0 Å². The van der Waals surface area contributed by atoms with Gasteiger partial charge in [-0.15, -0.1) is 0 Å². The average molecular weight is 184 g/mol. The lowest BCUT2D eigenvalue weighted by molar-refractivity contribution is -0.121. The van der Waals surface area contributed by atoms with Gasteiger partial charge in [0.15, 0.2) is 0 Å². The highest BCUT2D eigenvalue weighted by molar-refractivity contribution is 5.75. The Balaban J connectivity index is 2.64. The molecule has 1 heterocycles. The summed E-state index contributed by atoms with van der Waals surface area (Å²) in [6.45, 7) is 1.77. The first-order valence-electron chi connectivity index (χ1n) is 3.90. The summed E-state index contributed by atoms with van der Waals surface area (Å²) in [7, 11) is 0. The van der Waals surface area contributed by atoms with Gasteiger partial charge in [0, 0.05) is 17.7 Å². The van der Waals surface area contributed by atoms with Crippen molar-refractivity contribution < 1.29 is 4.79 Å². The summed E-state index contributed by atoms with van der Waals surface area (Å²) in [6.07, 6.45) is 0.617. The number of carbonyl (C=O) groups excluding carboxylic acids is 1. The molecule has 0 fully saturated rings. The molecule has 0 spiro atoms. The molecule has 1 aromatic rings. The maximum absolute atomic E-state index is 11.1. The van der Waals surface area contributed by atoms with E-state index in [4.69, 9.17) is 5.84 Å². The molecule has 0 aliphatic heterocycles. The molecule has 5 N–H and O–H groups in total. The van der Waals surface area contributed by atoms with E-state index in [2.05, 4.69) is 10.2 Å². The van der Waals surface area contributed by atoms with Crippen LogP contribution in [0.1, 0.15) is 17.7 Å². The van der Waals surface area contributed by atoms with Crippen molar-refractivity contribution in [2.75, 3.05) is 0 Å². The monoisotopic (exact) mass is 184 g/mol. The van der Waals surface area contributed by atoms with Gasteiger partial charge in [0.25, 0.3) is 5.56 Å². The van der Waals surface area contributed by atoms with Crippen molar-refractivity contribution in [3.8, 4) is 0 Å². The van der Waals surface area contributed by atoms with Crippen molar-refractivity contribution in [2.24, 2.45) is 5.84 Å². The van der Waals surface area contributed by atoms with Gasteiger partial charge in [0.2, 0.25) is 5.91 Å². The van der Waals surface area contributed by atoms with Gasteiger partial charge in [-0.25, -0.2) is 5.84 Å². The number of amides is 1. The standard InChI is InChI=1S/C7H12N4O2/c1-4-5(7(13)11-10-4)2-3-6(12)9-8/h2-3,8H2,1H3,(H,9,12)(H2,10,11,13). The summed E-state index contributed by atoms with van der Waals surface area (Å²) in [5, 5.41) is 5.11. The molecular weight excluding hydrogens is 172 g/mol. The van der Waals surface area contributed by atoms with Crippen LogP contribution in [0.25, 0.3) is 0 Å². The van der Waals surface area contributed by atoms with Gasteiger partial charge < -0.3 is 5.10 Å². The molecule has 0 aliphatic rings. The molecule has 1 amide bonds. The minimum absolute atomic E-state index is 0.178. The Morgan fingerprint density at radius 1 is 1.54 bits per heavy atom. The molecular formula is C7H12N4O2. The first-order valence-corrected chi connectivity index (χ1v) is 3.90. The van der Waals surface area contributed by atoms with Crippen LogP contribution in [0.2, 0.25) is 0 Å². The molecule has 0 saturated carbocycles. The minimum Gasteiger partial charge on any atom is -0.302 e. The highest BCUT2D eigenvalue weighted by Crippen LogP contribution is 2.00. The second-order valence-electron chi connectivity index (χ2n) is 2.75. The summed E-state index contributed by atoms with van der Waals surface area (Å²) in [5.41, 5.74) is 3.19. The smallest absolute Gasteiger partial charge is 0.267 e. The number of rotatable bonds is 3. The second-order valence-corrected chi connectivity index (χ2v) is 2.75. The second kappa shape index (κ2) is 3.90. The summed E-state index contributed by atoms with van der Waals surface area (Å²) in [6, 6.07) is 0. The molecule has 0 atom stereocenters. The molecule has 6 heteroatoms. The third kappa shape index (κ3) is 2.19. The Bertz CT molecular complexity index is 352. The highest BCUT2D eigenvalue weighted by Gasteiger charge is 2.07. The average Bonchev–Trinajstić information content (AvgIpc) is 2.43. The summed E-state index contributed by atoms with van der Waals surface area (Å²) < 4.78 is 0. The zero-order chi connectivity index (χ0) is 9.84.